The number of thioether (sulfide) groups is 1. The van der Waals surface area contributed by atoms with Gasteiger partial charge in [-0.15, -0.1) is 0 Å². The molecule has 0 aliphatic carbocycles. The fourth-order valence-corrected chi connectivity index (χ4v) is 4.33. The van der Waals surface area contributed by atoms with Crippen molar-refractivity contribution in [2.45, 2.75) is 38.6 Å². The van der Waals surface area contributed by atoms with E-state index in [4.69, 9.17) is 22.0 Å². The molecular weight excluding hydrogens is 356 g/mol. The summed E-state index contributed by atoms with van der Waals surface area (Å²) in [7, 11) is 1.81. The van der Waals surface area contributed by atoms with Crippen LogP contribution in [-0.2, 0) is 6.54 Å². The quantitative estimate of drug-likeness (QED) is 0.612. The van der Waals surface area contributed by atoms with E-state index in [0.29, 0.717) is 5.15 Å². The number of rotatable bonds is 5. The molecule has 2 unspecified atom stereocenters. The van der Waals surface area contributed by atoms with E-state index < -0.39 is 0 Å². The Morgan fingerprint density at radius 2 is 2.20 bits per heavy atom. The number of halogens is 1. The van der Waals surface area contributed by atoms with Gasteiger partial charge < -0.3 is 10.7 Å². The summed E-state index contributed by atoms with van der Waals surface area (Å²) in [6, 6.07) is 3.65. The normalized spacial score (nSPS) is 19.8. The number of hydrogen-bond donors (Lipinski definition) is 2. The van der Waals surface area contributed by atoms with E-state index in [0.717, 1.165) is 39.9 Å². The Morgan fingerprint density at radius 1 is 1.44 bits per heavy atom. The third-order valence-corrected chi connectivity index (χ3v) is 5.53. The molecule has 25 heavy (non-hydrogen) atoms. The van der Waals surface area contributed by atoms with E-state index in [9.17, 15) is 0 Å². The molecule has 0 saturated heterocycles. The molecule has 1 aliphatic rings. The van der Waals surface area contributed by atoms with Crippen LogP contribution < -0.4 is 5.32 Å². The Balaban J connectivity index is 2.08. The first-order valence-corrected chi connectivity index (χ1v) is 9.42. The first-order valence-electron chi connectivity index (χ1n) is 8.16. The van der Waals surface area contributed by atoms with Crippen molar-refractivity contribution in [3.05, 3.63) is 39.9 Å². The van der Waals surface area contributed by atoms with Gasteiger partial charge in [-0.1, -0.05) is 30.3 Å². The summed E-state index contributed by atoms with van der Waals surface area (Å²) in [5.41, 5.74) is 4.28. The number of nitrogens with zero attached hydrogens (tertiary/aromatic N) is 4. The number of aliphatic imine (C=N–C) groups is 1. The largest absolute Gasteiger partial charge is 0.387 e. The molecule has 1 aliphatic heterocycles. The molecule has 0 bridgehead atoms. The van der Waals surface area contributed by atoms with Crippen LogP contribution >= 0.6 is 23.4 Å². The van der Waals surface area contributed by atoms with Crippen molar-refractivity contribution in [2.24, 2.45) is 4.99 Å². The highest BCUT2D eigenvalue weighted by atomic mass is 35.5. The van der Waals surface area contributed by atoms with Gasteiger partial charge in [-0.3, -0.25) is 9.67 Å². The topological polar surface area (TPSA) is 79.0 Å². The number of pyridine rings is 1. The van der Waals surface area contributed by atoms with Crippen LogP contribution in [0.25, 0.3) is 0 Å². The number of anilines is 1. The lowest BCUT2D eigenvalue weighted by atomic mass is 10.0. The molecule has 8 heteroatoms. The van der Waals surface area contributed by atoms with Crippen molar-refractivity contribution >= 4 is 40.3 Å². The highest BCUT2D eigenvalue weighted by Crippen LogP contribution is 2.41. The number of nitrogens with one attached hydrogen (secondary N) is 2. The van der Waals surface area contributed by atoms with Crippen LogP contribution in [0.3, 0.4) is 0 Å². The van der Waals surface area contributed by atoms with Crippen LogP contribution in [0.5, 0.6) is 0 Å². The summed E-state index contributed by atoms with van der Waals surface area (Å²) in [4.78, 5) is 9.42. The number of hydrogen-bond acceptors (Lipinski definition) is 6. The van der Waals surface area contributed by atoms with E-state index in [1.165, 1.54) is 6.21 Å². The Kier molecular flexibility index (Phi) is 5.15. The minimum absolute atomic E-state index is 0.150. The summed E-state index contributed by atoms with van der Waals surface area (Å²) in [6.07, 6.45) is 1.32. The zero-order chi connectivity index (χ0) is 18.1. The van der Waals surface area contributed by atoms with Crippen LogP contribution in [0.2, 0.25) is 5.15 Å². The predicted molar refractivity (Wildman–Crippen MR) is 106 cm³/mol. The van der Waals surface area contributed by atoms with E-state index in [2.05, 4.69) is 35.3 Å². The summed E-state index contributed by atoms with van der Waals surface area (Å²) in [6.45, 7) is 6.98. The molecule has 0 saturated carbocycles. The SMILES string of the molecule is CCn1nc(C)cc1C1=NC(c2nc(Cl)cc(NC)c2C=N)C(C)S1. The summed E-state index contributed by atoms with van der Waals surface area (Å²) in [5, 5.41) is 17.0. The van der Waals surface area contributed by atoms with E-state index in [1.807, 2.05) is 18.7 Å². The van der Waals surface area contributed by atoms with Gasteiger partial charge in [-0.2, -0.15) is 5.10 Å². The van der Waals surface area contributed by atoms with Crippen LogP contribution in [0, 0.1) is 12.3 Å². The van der Waals surface area contributed by atoms with Gasteiger partial charge in [0.25, 0.3) is 0 Å². The molecule has 0 aromatic carbocycles. The van der Waals surface area contributed by atoms with Crippen LogP contribution in [0.1, 0.15) is 42.5 Å². The average Bonchev–Trinajstić information content (AvgIpc) is 3.16. The van der Waals surface area contributed by atoms with Gasteiger partial charge in [0.15, 0.2) is 0 Å². The fourth-order valence-electron chi connectivity index (χ4n) is 3.00. The molecule has 6 nitrogen and oxygen atoms in total. The molecule has 2 N–H and O–H groups in total. The molecule has 2 aromatic heterocycles. The van der Waals surface area contributed by atoms with E-state index >= 15 is 0 Å². The number of aromatic nitrogens is 3. The molecule has 0 fully saturated rings. The maximum atomic E-state index is 7.79. The second-order valence-electron chi connectivity index (χ2n) is 5.87. The zero-order valence-corrected chi connectivity index (χ0v) is 16.2. The van der Waals surface area contributed by atoms with Gasteiger partial charge in [-0.05, 0) is 26.0 Å². The van der Waals surface area contributed by atoms with Gasteiger partial charge in [-0.25, -0.2) is 4.98 Å². The highest BCUT2D eigenvalue weighted by Gasteiger charge is 2.33. The van der Waals surface area contributed by atoms with Crippen LogP contribution in [0.15, 0.2) is 17.1 Å². The summed E-state index contributed by atoms with van der Waals surface area (Å²) >= 11 is 7.91. The molecule has 3 rings (SSSR count). The first-order chi connectivity index (χ1) is 12.0. The maximum absolute atomic E-state index is 7.79. The molecule has 2 atom stereocenters. The lowest BCUT2D eigenvalue weighted by Gasteiger charge is -2.17. The Hall–Kier alpha value is -1.86. The van der Waals surface area contributed by atoms with E-state index in [1.54, 1.807) is 17.8 Å². The molecule has 2 aromatic rings. The lowest BCUT2D eigenvalue weighted by molar-refractivity contribution is 0.647. The lowest BCUT2D eigenvalue weighted by Crippen LogP contribution is -2.12. The van der Waals surface area contributed by atoms with Gasteiger partial charge in [0.2, 0.25) is 0 Å². The van der Waals surface area contributed by atoms with Crippen LogP contribution in [-0.4, -0.2) is 38.3 Å². The Labute approximate surface area is 156 Å². The second-order valence-corrected chi connectivity index (χ2v) is 7.63. The molecular formula is C17H21ClN6S. The third kappa shape index (κ3) is 3.30. The second kappa shape index (κ2) is 7.17. The van der Waals surface area contributed by atoms with Crippen molar-refractivity contribution in [3.63, 3.8) is 0 Å². The van der Waals surface area contributed by atoms with Gasteiger partial charge in [0.05, 0.1) is 17.1 Å². The highest BCUT2D eigenvalue weighted by molar-refractivity contribution is 8.15. The molecule has 0 amide bonds. The zero-order valence-electron chi connectivity index (χ0n) is 14.7. The van der Waals surface area contributed by atoms with Crippen molar-refractivity contribution in [1.82, 2.24) is 14.8 Å². The average molecular weight is 377 g/mol. The van der Waals surface area contributed by atoms with Crippen molar-refractivity contribution in [3.8, 4) is 0 Å². The van der Waals surface area contributed by atoms with Crippen molar-refractivity contribution < 1.29 is 0 Å². The molecule has 0 spiro atoms. The Morgan fingerprint density at radius 3 is 2.84 bits per heavy atom. The summed E-state index contributed by atoms with van der Waals surface area (Å²) in [5.74, 6) is 0. The predicted octanol–water partition coefficient (Wildman–Crippen LogP) is 3.92. The molecule has 0 radical (unpaired) electrons. The maximum Gasteiger partial charge on any atom is 0.131 e. The fraction of sp³-hybridized carbons (Fsp3) is 0.412. The van der Waals surface area contributed by atoms with Crippen molar-refractivity contribution in [2.75, 3.05) is 12.4 Å². The minimum Gasteiger partial charge on any atom is -0.387 e. The number of aryl methyl sites for hydroxylation is 2. The van der Waals surface area contributed by atoms with E-state index in [-0.39, 0.29) is 11.3 Å². The van der Waals surface area contributed by atoms with Crippen molar-refractivity contribution in [1.29, 1.82) is 5.41 Å². The smallest absolute Gasteiger partial charge is 0.131 e. The minimum atomic E-state index is -0.150. The van der Waals surface area contributed by atoms with Gasteiger partial charge >= 0.3 is 0 Å². The van der Waals surface area contributed by atoms with Gasteiger partial charge in [0.1, 0.15) is 16.2 Å². The molecule has 3 heterocycles. The van der Waals surface area contributed by atoms with Gasteiger partial charge in [0, 0.05) is 36.3 Å². The Bertz CT molecular complexity index is 844. The standard InChI is InChI=1S/C17H21ClN6S/c1-5-24-13(6-9(2)23-24)17-22-15(10(3)25-17)16-11(8-19)12(20-4)7-14(18)21-16/h6-8,10,15,19H,5H2,1-4H3,(H,20,21). The molecule has 132 valence electrons. The third-order valence-electron chi connectivity index (χ3n) is 4.17. The monoisotopic (exact) mass is 376 g/mol. The van der Waals surface area contributed by atoms with Crippen LogP contribution in [0.4, 0.5) is 5.69 Å². The summed E-state index contributed by atoms with van der Waals surface area (Å²) < 4.78 is 1.97. The first kappa shape index (κ1) is 17.9.